The van der Waals surface area contributed by atoms with E-state index in [1.807, 2.05) is 0 Å². The van der Waals surface area contributed by atoms with Gasteiger partial charge in [-0.15, -0.1) is 0 Å². The van der Waals surface area contributed by atoms with Gasteiger partial charge >= 0.3 is 0 Å². The van der Waals surface area contributed by atoms with Crippen molar-refractivity contribution in [1.82, 2.24) is 15.3 Å². The van der Waals surface area contributed by atoms with E-state index in [9.17, 15) is 4.79 Å². The van der Waals surface area contributed by atoms with Gasteiger partial charge in [-0.05, 0) is 25.7 Å². The summed E-state index contributed by atoms with van der Waals surface area (Å²) in [6.07, 6.45) is 13.6. The van der Waals surface area contributed by atoms with Gasteiger partial charge in [0, 0.05) is 18.2 Å². The molecule has 0 aliphatic heterocycles. The van der Waals surface area contributed by atoms with E-state index in [1.165, 1.54) is 57.7 Å². The van der Waals surface area contributed by atoms with Crippen LogP contribution in [0.5, 0.6) is 0 Å². The SMILES string of the molecule is O=C(NC1CCCCCC1)c1cc(NC2CCCC2)ncn1. The third kappa shape index (κ3) is 4.18. The van der Waals surface area contributed by atoms with Crippen LogP contribution in [-0.2, 0) is 0 Å². The normalized spacial score (nSPS) is 20.5. The van der Waals surface area contributed by atoms with Gasteiger partial charge in [-0.1, -0.05) is 38.5 Å². The highest BCUT2D eigenvalue weighted by Crippen LogP contribution is 2.21. The highest BCUT2D eigenvalue weighted by molar-refractivity contribution is 5.93. The number of amides is 1. The molecule has 2 N–H and O–H groups in total. The van der Waals surface area contributed by atoms with E-state index in [1.54, 1.807) is 6.07 Å². The first-order valence-corrected chi connectivity index (χ1v) is 8.71. The van der Waals surface area contributed by atoms with Crippen LogP contribution in [0.15, 0.2) is 12.4 Å². The van der Waals surface area contributed by atoms with E-state index in [2.05, 4.69) is 20.6 Å². The van der Waals surface area contributed by atoms with Crippen molar-refractivity contribution in [2.75, 3.05) is 5.32 Å². The van der Waals surface area contributed by atoms with Crippen LogP contribution >= 0.6 is 0 Å². The Morgan fingerprint density at radius 1 is 0.909 bits per heavy atom. The molecule has 22 heavy (non-hydrogen) atoms. The lowest BCUT2D eigenvalue weighted by molar-refractivity contribution is 0.0928. The minimum atomic E-state index is -0.0660. The van der Waals surface area contributed by atoms with E-state index < -0.39 is 0 Å². The fraction of sp³-hybridized carbons (Fsp3) is 0.706. The Hall–Kier alpha value is -1.65. The first-order valence-electron chi connectivity index (χ1n) is 8.71. The Balaban J connectivity index is 1.59. The molecule has 0 unspecified atom stereocenters. The summed E-state index contributed by atoms with van der Waals surface area (Å²) in [5.74, 6) is 0.705. The predicted octanol–water partition coefficient (Wildman–Crippen LogP) is 3.28. The van der Waals surface area contributed by atoms with Gasteiger partial charge in [0.1, 0.15) is 17.8 Å². The molecule has 2 saturated carbocycles. The predicted molar refractivity (Wildman–Crippen MR) is 86.9 cm³/mol. The van der Waals surface area contributed by atoms with Crippen molar-refractivity contribution >= 4 is 11.7 Å². The second-order valence-electron chi connectivity index (χ2n) is 6.58. The second-order valence-corrected chi connectivity index (χ2v) is 6.58. The molecule has 1 aromatic rings. The van der Waals surface area contributed by atoms with Crippen LogP contribution in [0.25, 0.3) is 0 Å². The number of carbonyl (C=O) groups excluding carboxylic acids is 1. The Morgan fingerprint density at radius 2 is 1.55 bits per heavy atom. The van der Waals surface area contributed by atoms with Gasteiger partial charge in [0.2, 0.25) is 0 Å². The number of anilines is 1. The summed E-state index contributed by atoms with van der Waals surface area (Å²) >= 11 is 0. The summed E-state index contributed by atoms with van der Waals surface area (Å²) in [6, 6.07) is 2.58. The highest BCUT2D eigenvalue weighted by atomic mass is 16.1. The van der Waals surface area contributed by atoms with Crippen LogP contribution in [0, 0.1) is 0 Å². The third-order valence-corrected chi connectivity index (χ3v) is 4.80. The molecule has 0 radical (unpaired) electrons. The lowest BCUT2D eigenvalue weighted by atomic mass is 10.1. The first-order chi connectivity index (χ1) is 10.8. The molecular weight excluding hydrogens is 276 g/mol. The van der Waals surface area contributed by atoms with Crippen LogP contribution < -0.4 is 10.6 Å². The second kappa shape index (κ2) is 7.56. The molecule has 1 heterocycles. The molecule has 0 atom stereocenters. The van der Waals surface area contributed by atoms with Crippen molar-refractivity contribution in [3.8, 4) is 0 Å². The van der Waals surface area contributed by atoms with Crippen LogP contribution in [0.1, 0.15) is 74.7 Å². The van der Waals surface area contributed by atoms with Gasteiger partial charge in [-0.3, -0.25) is 4.79 Å². The van der Waals surface area contributed by atoms with Crippen molar-refractivity contribution in [1.29, 1.82) is 0 Å². The Labute approximate surface area is 132 Å². The van der Waals surface area contributed by atoms with Crippen molar-refractivity contribution in [3.63, 3.8) is 0 Å². The first kappa shape index (κ1) is 15.3. The number of rotatable bonds is 4. The van der Waals surface area contributed by atoms with Crippen molar-refractivity contribution < 1.29 is 4.79 Å². The van der Waals surface area contributed by atoms with E-state index in [0.29, 0.717) is 17.8 Å². The van der Waals surface area contributed by atoms with E-state index >= 15 is 0 Å². The van der Waals surface area contributed by atoms with Gasteiger partial charge < -0.3 is 10.6 Å². The Kier molecular flexibility index (Phi) is 5.24. The van der Waals surface area contributed by atoms with Crippen molar-refractivity contribution in [2.45, 2.75) is 76.3 Å². The zero-order valence-electron chi connectivity index (χ0n) is 13.2. The van der Waals surface area contributed by atoms with Crippen LogP contribution in [0.2, 0.25) is 0 Å². The van der Waals surface area contributed by atoms with Gasteiger partial charge in [0.05, 0.1) is 0 Å². The molecule has 5 heteroatoms. The lowest BCUT2D eigenvalue weighted by Gasteiger charge is -2.16. The minimum absolute atomic E-state index is 0.0660. The summed E-state index contributed by atoms with van der Waals surface area (Å²) in [4.78, 5) is 20.8. The van der Waals surface area contributed by atoms with Crippen LogP contribution in [-0.4, -0.2) is 28.0 Å². The third-order valence-electron chi connectivity index (χ3n) is 4.80. The molecule has 1 aromatic heterocycles. The number of nitrogens with zero attached hydrogens (tertiary/aromatic N) is 2. The van der Waals surface area contributed by atoms with Crippen LogP contribution in [0.4, 0.5) is 5.82 Å². The van der Waals surface area contributed by atoms with E-state index in [0.717, 1.165) is 18.7 Å². The average molecular weight is 302 g/mol. The largest absolute Gasteiger partial charge is 0.367 e. The van der Waals surface area contributed by atoms with E-state index in [-0.39, 0.29) is 5.91 Å². The molecular formula is C17H26N4O. The van der Waals surface area contributed by atoms with E-state index in [4.69, 9.17) is 0 Å². The summed E-state index contributed by atoms with van der Waals surface area (Å²) in [5, 5.41) is 6.56. The molecule has 0 saturated heterocycles. The zero-order valence-corrected chi connectivity index (χ0v) is 13.2. The molecule has 1 amide bonds. The smallest absolute Gasteiger partial charge is 0.270 e. The molecule has 5 nitrogen and oxygen atoms in total. The minimum Gasteiger partial charge on any atom is -0.367 e. The highest BCUT2D eigenvalue weighted by Gasteiger charge is 2.18. The Bertz CT molecular complexity index is 491. The Morgan fingerprint density at radius 3 is 2.27 bits per heavy atom. The molecule has 2 aliphatic rings. The molecule has 0 spiro atoms. The topological polar surface area (TPSA) is 66.9 Å². The molecule has 120 valence electrons. The molecule has 2 aliphatic carbocycles. The van der Waals surface area contributed by atoms with Gasteiger partial charge in [0.25, 0.3) is 5.91 Å². The maximum atomic E-state index is 12.4. The maximum absolute atomic E-state index is 12.4. The number of nitrogens with one attached hydrogen (secondary N) is 2. The number of hydrogen-bond acceptors (Lipinski definition) is 4. The summed E-state index contributed by atoms with van der Waals surface area (Å²) < 4.78 is 0. The maximum Gasteiger partial charge on any atom is 0.270 e. The summed E-state index contributed by atoms with van der Waals surface area (Å²) in [5.41, 5.74) is 0.472. The average Bonchev–Trinajstić information content (AvgIpc) is 2.90. The lowest BCUT2D eigenvalue weighted by Crippen LogP contribution is -2.35. The zero-order chi connectivity index (χ0) is 15.2. The number of carbonyl (C=O) groups is 1. The number of aromatic nitrogens is 2. The van der Waals surface area contributed by atoms with Gasteiger partial charge in [-0.25, -0.2) is 9.97 Å². The monoisotopic (exact) mass is 302 g/mol. The fourth-order valence-electron chi connectivity index (χ4n) is 3.52. The van der Waals surface area contributed by atoms with Gasteiger partial charge in [-0.2, -0.15) is 0 Å². The fourth-order valence-corrected chi connectivity index (χ4v) is 3.52. The molecule has 0 aromatic carbocycles. The summed E-state index contributed by atoms with van der Waals surface area (Å²) in [6.45, 7) is 0. The quantitative estimate of drug-likeness (QED) is 0.838. The standard InChI is InChI=1S/C17H26N4O/c22-17(21-14-7-3-1-2-4-8-14)15-11-16(19-12-18-15)20-13-9-5-6-10-13/h11-14H,1-10H2,(H,21,22)(H,18,19,20). The van der Waals surface area contributed by atoms with Crippen molar-refractivity contribution in [3.05, 3.63) is 18.1 Å². The van der Waals surface area contributed by atoms with Gasteiger partial charge in [0.15, 0.2) is 0 Å². The van der Waals surface area contributed by atoms with Crippen LogP contribution in [0.3, 0.4) is 0 Å². The summed E-state index contributed by atoms with van der Waals surface area (Å²) in [7, 11) is 0. The molecule has 3 rings (SSSR count). The molecule has 0 bridgehead atoms. The molecule has 2 fully saturated rings. The van der Waals surface area contributed by atoms with Crippen molar-refractivity contribution in [2.24, 2.45) is 0 Å². The number of hydrogen-bond donors (Lipinski definition) is 2.